The van der Waals surface area contributed by atoms with E-state index in [0.29, 0.717) is 26.2 Å². The molecule has 0 rings (SSSR count). The van der Waals surface area contributed by atoms with Gasteiger partial charge in [-0.05, 0) is 0 Å². The van der Waals surface area contributed by atoms with Crippen molar-refractivity contribution in [3.8, 4) is 0 Å². The maximum absolute atomic E-state index is 9.00. The first-order valence-corrected chi connectivity index (χ1v) is 10.4. The van der Waals surface area contributed by atoms with E-state index in [1.165, 1.54) is 0 Å². The van der Waals surface area contributed by atoms with Crippen molar-refractivity contribution in [1.82, 2.24) is 10.6 Å². The Kier molecular flexibility index (Phi) is 119. The third-order valence-electron chi connectivity index (χ3n) is 1.22. The predicted molar refractivity (Wildman–Crippen MR) is 149 cm³/mol. The van der Waals surface area contributed by atoms with Crippen LogP contribution in [0.2, 0.25) is 0 Å². The fraction of sp³-hybridized carbons (Fsp3) is 0.700. The summed E-state index contributed by atoms with van der Waals surface area (Å²) in [5, 5.41) is 66.7. The van der Waals surface area contributed by atoms with E-state index in [2.05, 4.69) is 10.6 Å². The molecule has 0 aliphatic heterocycles. The second kappa shape index (κ2) is 71.2. The molecule has 0 atom stereocenters. The third-order valence-corrected chi connectivity index (χ3v) is 1.22. The van der Waals surface area contributed by atoms with Gasteiger partial charge in [-0.1, -0.05) is 0 Å². The fourth-order valence-corrected chi connectivity index (χ4v) is 0.612. The number of aliphatic hydroxyl groups is 2. The van der Waals surface area contributed by atoms with Gasteiger partial charge in [-0.3, -0.25) is 28.8 Å². The van der Waals surface area contributed by atoms with Crippen molar-refractivity contribution in [1.29, 1.82) is 0 Å². The number of rotatable bonds is 8. The van der Waals surface area contributed by atoms with Gasteiger partial charge in [-0.2, -0.15) is 0 Å². The largest absolute Gasteiger partial charge is 0.481 e. The van der Waals surface area contributed by atoms with Crippen molar-refractivity contribution in [3.05, 3.63) is 0 Å². The minimum atomic E-state index is -0.833. The average molecular weight is 615 g/mol. The third kappa shape index (κ3) is 1070. The molecule has 0 unspecified atom stereocenters. The Morgan fingerprint density at radius 2 is 0.575 bits per heavy atom. The number of nitrogens with two attached hydrogens (primary N) is 2. The fourth-order valence-electron chi connectivity index (χ4n) is 0.612. The van der Waals surface area contributed by atoms with Crippen LogP contribution in [0.1, 0.15) is 41.5 Å². The van der Waals surface area contributed by atoms with Crippen LogP contribution < -0.4 is 22.1 Å². The summed E-state index contributed by atoms with van der Waals surface area (Å²) in [5.41, 5.74) is 10.3. The monoisotopic (exact) mass is 614 g/mol. The molecule has 0 aliphatic rings. The van der Waals surface area contributed by atoms with Crippen molar-refractivity contribution in [2.75, 3.05) is 52.5 Å². The van der Waals surface area contributed by atoms with Crippen LogP contribution in [-0.2, 0) is 28.8 Å². The number of nitrogens with one attached hydrogen (secondary N) is 2. The first kappa shape index (κ1) is 66.7. The average Bonchev–Trinajstić information content (AvgIpc) is 2.67. The minimum Gasteiger partial charge on any atom is -0.481 e. The first-order valence-electron chi connectivity index (χ1n) is 10.4. The Bertz CT molecular complexity index is 412. The maximum atomic E-state index is 9.00. The summed E-state index contributed by atoms with van der Waals surface area (Å²) in [5.74, 6) is -5.00. The van der Waals surface area contributed by atoms with Crippen molar-refractivity contribution in [3.63, 3.8) is 0 Å². The quantitative estimate of drug-likeness (QED) is 0.0947. The van der Waals surface area contributed by atoms with Crippen LogP contribution >= 0.6 is 0 Å². The molecule has 0 saturated carbocycles. The molecule has 0 aliphatic carbocycles. The zero-order valence-electron chi connectivity index (χ0n) is 24.8. The van der Waals surface area contributed by atoms with Gasteiger partial charge in [0.1, 0.15) is 0 Å². The van der Waals surface area contributed by atoms with E-state index >= 15 is 0 Å². The molecule has 234 valence electrons. The van der Waals surface area contributed by atoms with Crippen molar-refractivity contribution in [2.24, 2.45) is 11.5 Å². The van der Waals surface area contributed by atoms with Crippen LogP contribution in [0.15, 0.2) is 0 Å². The van der Waals surface area contributed by atoms with E-state index < -0.39 is 35.8 Å². The molecule has 20 heteroatoms. The van der Waals surface area contributed by atoms with Crippen LogP contribution in [0.25, 0.3) is 0 Å². The normalized spacial score (nSPS) is 7.05. The maximum Gasteiger partial charge on any atom is 0.300 e. The summed E-state index contributed by atoms with van der Waals surface area (Å²) < 4.78 is 0. The Morgan fingerprint density at radius 3 is 0.650 bits per heavy atom. The molecule has 0 bridgehead atoms. The molecule has 0 spiro atoms. The SMILES string of the molecule is CC(=O)O.CC(=O)O.CC(=O)O.CC(=O)O.CC(=O)O.CC(=O)O.NCCNCCO.NCCNCCO.[Na].[Na]. The molecule has 14 N–H and O–H groups in total. The van der Waals surface area contributed by atoms with E-state index in [-0.39, 0.29) is 72.3 Å². The smallest absolute Gasteiger partial charge is 0.300 e. The summed E-state index contributed by atoms with van der Waals surface area (Å²) in [6, 6.07) is 0. The van der Waals surface area contributed by atoms with E-state index in [1.54, 1.807) is 0 Å². The zero-order valence-corrected chi connectivity index (χ0v) is 28.8. The number of aliphatic carboxylic acids is 6. The minimum absolute atomic E-state index is 0. The van der Waals surface area contributed by atoms with Gasteiger partial charge in [0, 0.05) is 140 Å². The molecular weight excluding hydrogens is 566 g/mol. The summed E-state index contributed by atoms with van der Waals surface area (Å²) in [6.45, 7) is 11.1. The Hall–Kier alpha value is -1.42. The molecule has 0 fully saturated rings. The second-order valence-electron chi connectivity index (χ2n) is 5.64. The topological polar surface area (TPSA) is 340 Å². The van der Waals surface area contributed by atoms with E-state index in [0.717, 1.165) is 54.6 Å². The molecule has 0 aromatic rings. The number of carbonyl (C=O) groups is 6. The summed E-state index contributed by atoms with van der Waals surface area (Å²) >= 11 is 0. The van der Waals surface area contributed by atoms with E-state index in [4.69, 9.17) is 81.1 Å². The molecule has 0 saturated heterocycles. The second-order valence-corrected chi connectivity index (χ2v) is 5.64. The summed E-state index contributed by atoms with van der Waals surface area (Å²) in [6.07, 6.45) is 0. The van der Waals surface area contributed by atoms with Crippen LogP contribution in [-0.4, -0.2) is 188 Å². The van der Waals surface area contributed by atoms with Crippen molar-refractivity contribution >= 4 is 94.9 Å². The Balaban J connectivity index is -0.0000000324. The van der Waals surface area contributed by atoms with Gasteiger partial charge in [-0.15, -0.1) is 0 Å². The van der Waals surface area contributed by atoms with Crippen molar-refractivity contribution < 1.29 is 69.6 Å². The molecule has 40 heavy (non-hydrogen) atoms. The van der Waals surface area contributed by atoms with Gasteiger partial charge in [0.2, 0.25) is 0 Å². The first-order chi connectivity index (χ1) is 17.2. The molecule has 18 nitrogen and oxygen atoms in total. The molecule has 0 amide bonds. The van der Waals surface area contributed by atoms with Gasteiger partial charge in [-0.25, -0.2) is 0 Å². The molecule has 2 radical (unpaired) electrons. The number of carboxylic acids is 6. The van der Waals surface area contributed by atoms with Crippen molar-refractivity contribution in [2.45, 2.75) is 41.5 Å². The van der Waals surface area contributed by atoms with Gasteiger partial charge < -0.3 is 63.0 Å². The summed E-state index contributed by atoms with van der Waals surface area (Å²) in [7, 11) is 0. The number of hydrogen-bond donors (Lipinski definition) is 12. The molecular formula is C20H48N4Na2O14. The number of hydrogen-bond acceptors (Lipinski definition) is 12. The Labute approximate surface area is 279 Å². The van der Waals surface area contributed by atoms with E-state index in [1.807, 2.05) is 0 Å². The number of carboxylic acid groups (broad SMARTS) is 6. The molecule has 0 heterocycles. The zero-order chi connectivity index (χ0) is 32.5. The molecule has 0 aromatic carbocycles. The van der Waals surface area contributed by atoms with Crippen LogP contribution in [0.3, 0.4) is 0 Å². The van der Waals surface area contributed by atoms with Crippen LogP contribution in [0.4, 0.5) is 0 Å². The van der Waals surface area contributed by atoms with Gasteiger partial charge in [0.25, 0.3) is 35.8 Å². The predicted octanol–water partition coefficient (Wildman–Crippen LogP) is -3.16. The van der Waals surface area contributed by atoms with Crippen LogP contribution in [0.5, 0.6) is 0 Å². The van der Waals surface area contributed by atoms with Gasteiger partial charge >= 0.3 is 0 Å². The van der Waals surface area contributed by atoms with Gasteiger partial charge in [0.15, 0.2) is 0 Å². The Morgan fingerprint density at radius 1 is 0.450 bits per heavy atom. The number of aliphatic hydroxyl groups excluding tert-OH is 2. The van der Waals surface area contributed by atoms with E-state index in [9.17, 15) is 0 Å². The molecule has 0 aromatic heterocycles. The van der Waals surface area contributed by atoms with Crippen LogP contribution in [0, 0.1) is 0 Å². The standard InChI is InChI=1S/2C4H12N2O.6C2H4O2.2Na/c2*5-1-2-6-3-4-7;6*1-2(3)4;;/h2*6-7H,1-5H2;6*1H3,(H,3,4);;. The summed E-state index contributed by atoms with van der Waals surface area (Å²) in [4.78, 5) is 54.0. The van der Waals surface area contributed by atoms with Gasteiger partial charge in [0.05, 0.1) is 13.2 Å².